The van der Waals surface area contributed by atoms with E-state index in [0.717, 1.165) is 12.8 Å². The van der Waals surface area contributed by atoms with Gasteiger partial charge in [0.25, 0.3) is 0 Å². The third-order valence-electron chi connectivity index (χ3n) is 5.16. The molecule has 1 heterocycles. The second kappa shape index (κ2) is 5.51. The highest BCUT2D eigenvalue weighted by atomic mass is 32.1. The first-order chi connectivity index (χ1) is 10.3. The summed E-state index contributed by atoms with van der Waals surface area (Å²) in [6.07, 6.45) is 1.74. The highest BCUT2D eigenvalue weighted by molar-refractivity contribution is 7.12. The summed E-state index contributed by atoms with van der Waals surface area (Å²) in [6, 6.07) is 0. The van der Waals surface area contributed by atoms with Gasteiger partial charge in [0, 0.05) is 17.0 Å². The number of hydrogen-bond acceptors (Lipinski definition) is 3. The van der Waals surface area contributed by atoms with Gasteiger partial charge in [-0.3, -0.25) is 4.79 Å². The van der Waals surface area contributed by atoms with Crippen molar-refractivity contribution in [2.75, 3.05) is 0 Å². The van der Waals surface area contributed by atoms with Crippen molar-refractivity contribution in [3.8, 4) is 0 Å². The van der Waals surface area contributed by atoms with Crippen molar-refractivity contribution >= 4 is 17.2 Å². The molecular weight excluding hydrogens is 313 g/mol. The van der Waals surface area contributed by atoms with Crippen molar-refractivity contribution in [3.63, 3.8) is 0 Å². The fraction of sp³-hybridized carbons (Fsp3) is 0.733. The minimum atomic E-state index is -4.17. The van der Waals surface area contributed by atoms with Crippen LogP contribution in [0.3, 0.4) is 0 Å². The highest BCUT2D eigenvalue weighted by Crippen LogP contribution is 2.50. The lowest BCUT2D eigenvalue weighted by atomic mass is 9.69. The molecule has 0 spiro atoms. The molecule has 2 atom stereocenters. The van der Waals surface area contributed by atoms with Gasteiger partial charge in [-0.15, -0.1) is 11.3 Å². The number of primary amides is 1. The van der Waals surface area contributed by atoms with Crippen molar-refractivity contribution < 1.29 is 18.0 Å². The lowest BCUT2D eigenvalue weighted by Crippen LogP contribution is -2.46. The van der Waals surface area contributed by atoms with Gasteiger partial charge in [0.15, 0.2) is 0 Å². The quantitative estimate of drug-likeness (QED) is 0.913. The summed E-state index contributed by atoms with van der Waals surface area (Å²) in [7, 11) is 0. The number of amides is 1. The first-order valence-corrected chi connectivity index (χ1v) is 8.49. The Bertz CT molecular complexity index is 565. The zero-order valence-electron chi connectivity index (χ0n) is 12.2. The van der Waals surface area contributed by atoms with E-state index in [1.54, 1.807) is 0 Å². The van der Waals surface area contributed by atoms with Crippen molar-refractivity contribution in [1.29, 1.82) is 0 Å². The Balaban J connectivity index is 1.88. The normalized spacial score (nSPS) is 28.1. The number of nitrogens with zero attached hydrogens (tertiary/aromatic N) is 1. The van der Waals surface area contributed by atoms with E-state index in [2.05, 4.69) is 4.98 Å². The van der Waals surface area contributed by atoms with E-state index in [-0.39, 0.29) is 6.42 Å². The van der Waals surface area contributed by atoms with Gasteiger partial charge in [0.2, 0.25) is 5.91 Å². The maximum absolute atomic E-state index is 13.2. The molecule has 3 nitrogen and oxygen atoms in total. The number of thiazole rings is 1. The SMILES string of the molecule is NC(=O)C1(c2ncc([C@@H]3CCCC[C@@H]3C(F)(F)F)s2)CCC1. The predicted molar refractivity (Wildman–Crippen MR) is 77.6 cm³/mol. The summed E-state index contributed by atoms with van der Waals surface area (Å²) in [5.74, 6) is -2.22. The fourth-order valence-electron chi connectivity index (χ4n) is 3.64. The molecule has 1 aromatic rings. The van der Waals surface area contributed by atoms with Crippen LogP contribution >= 0.6 is 11.3 Å². The largest absolute Gasteiger partial charge is 0.392 e. The van der Waals surface area contributed by atoms with Crippen LogP contribution in [0.4, 0.5) is 13.2 Å². The number of alkyl halides is 3. The molecule has 2 aliphatic rings. The van der Waals surface area contributed by atoms with E-state index < -0.39 is 29.3 Å². The molecule has 2 fully saturated rings. The van der Waals surface area contributed by atoms with Crippen LogP contribution in [0, 0.1) is 5.92 Å². The Morgan fingerprint density at radius 1 is 1.27 bits per heavy atom. The molecule has 2 saturated carbocycles. The maximum Gasteiger partial charge on any atom is 0.392 e. The van der Waals surface area contributed by atoms with E-state index in [1.165, 1.54) is 17.5 Å². The van der Waals surface area contributed by atoms with Gasteiger partial charge < -0.3 is 5.73 Å². The Morgan fingerprint density at radius 3 is 2.50 bits per heavy atom. The van der Waals surface area contributed by atoms with Crippen molar-refractivity contribution in [1.82, 2.24) is 4.98 Å². The van der Waals surface area contributed by atoms with Crippen LogP contribution in [0.15, 0.2) is 6.20 Å². The first kappa shape index (κ1) is 15.8. The number of carbonyl (C=O) groups excluding carboxylic acids is 1. The monoisotopic (exact) mass is 332 g/mol. The zero-order valence-corrected chi connectivity index (χ0v) is 13.0. The van der Waals surface area contributed by atoms with E-state index in [0.29, 0.717) is 35.6 Å². The van der Waals surface area contributed by atoms with Crippen LogP contribution in [-0.4, -0.2) is 17.1 Å². The summed E-state index contributed by atoms with van der Waals surface area (Å²) in [4.78, 5) is 16.7. The number of halogens is 3. The third-order valence-corrected chi connectivity index (χ3v) is 6.50. The van der Waals surface area contributed by atoms with Crippen molar-refractivity contribution in [3.05, 3.63) is 16.1 Å². The van der Waals surface area contributed by atoms with E-state index in [9.17, 15) is 18.0 Å². The van der Waals surface area contributed by atoms with Gasteiger partial charge in [0.05, 0.1) is 5.92 Å². The molecule has 1 aromatic heterocycles. The summed E-state index contributed by atoms with van der Waals surface area (Å²) >= 11 is 1.26. The zero-order chi connectivity index (χ0) is 16.0. The van der Waals surface area contributed by atoms with Gasteiger partial charge in [-0.25, -0.2) is 4.98 Å². The molecule has 0 radical (unpaired) electrons. The lowest BCUT2D eigenvalue weighted by molar-refractivity contribution is -0.187. The minimum absolute atomic E-state index is 0.183. The predicted octanol–water partition coefficient (Wildman–Crippen LogP) is 3.89. The van der Waals surface area contributed by atoms with Gasteiger partial charge >= 0.3 is 6.18 Å². The molecule has 0 aromatic carbocycles. The maximum atomic E-state index is 13.2. The molecule has 0 aliphatic heterocycles. The average molecular weight is 332 g/mol. The van der Waals surface area contributed by atoms with Gasteiger partial charge in [-0.2, -0.15) is 13.2 Å². The Morgan fingerprint density at radius 2 is 1.95 bits per heavy atom. The molecule has 122 valence electrons. The first-order valence-electron chi connectivity index (χ1n) is 7.67. The van der Waals surface area contributed by atoms with Crippen LogP contribution in [0.5, 0.6) is 0 Å². The Kier molecular flexibility index (Phi) is 3.95. The van der Waals surface area contributed by atoms with Crippen molar-refractivity contribution in [2.45, 2.75) is 62.5 Å². The number of aromatic nitrogens is 1. The second-order valence-corrected chi connectivity index (χ2v) is 7.47. The molecule has 7 heteroatoms. The minimum Gasteiger partial charge on any atom is -0.369 e. The van der Waals surface area contributed by atoms with Gasteiger partial charge in [0.1, 0.15) is 10.4 Å². The summed E-state index contributed by atoms with van der Waals surface area (Å²) in [6.45, 7) is 0. The van der Waals surface area contributed by atoms with Gasteiger partial charge in [-0.05, 0) is 25.7 Å². The smallest absolute Gasteiger partial charge is 0.369 e. The van der Waals surface area contributed by atoms with Crippen LogP contribution in [-0.2, 0) is 10.2 Å². The van der Waals surface area contributed by atoms with E-state index in [4.69, 9.17) is 5.73 Å². The Labute approximate surface area is 131 Å². The molecule has 0 saturated heterocycles. The van der Waals surface area contributed by atoms with E-state index in [1.807, 2.05) is 0 Å². The summed E-state index contributed by atoms with van der Waals surface area (Å²) < 4.78 is 39.7. The number of nitrogens with two attached hydrogens (primary N) is 1. The van der Waals surface area contributed by atoms with Crippen molar-refractivity contribution in [2.24, 2.45) is 11.7 Å². The number of hydrogen-bond donors (Lipinski definition) is 1. The molecule has 2 N–H and O–H groups in total. The van der Waals surface area contributed by atoms with Crippen LogP contribution < -0.4 is 5.73 Å². The highest BCUT2D eigenvalue weighted by Gasteiger charge is 2.49. The standard InChI is InChI=1S/C15H19F3N2OS/c16-15(17,18)10-5-2-1-4-9(10)11-8-20-13(22-11)14(12(19)21)6-3-7-14/h8-10H,1-7H2,(H2,19,21)/t9-,10+/m1/s1. The molecule has 22 heavy (non-hydrogen) atoms. The summed E-state index contributed by atoms with van der Waals surface area (Å²) in [5.41, 5.74) is 4.77. The average Bonchev–Trinajstić information content (AvgIpc) is 2.85. The molecule has 3 rings (SSSR count). The fourth-order valence-corrected chi connectivity index (χ4v) is 5.01. The van der Waals surface area contributed by atoms with E-state index >= 15 is 0 Å². The van der Waals surface area contributed by atoms with Crippen LogP contribution in [0.25, 0.3) is 0 Å². The third kappa shape index (κ3) is 2.53. The molecule has 0 bridgehead atoms. The molecule has 0 unspecified atom stereocenters. The number of carbonyl (C=O) groups is 1. The lowest BCUT2D eigenvalue weighted by Gasteiger charge is -2.37. The molecule has 2 aliphatic carbocycles. The van der Waals surface area contributed by atoms with Gasteiger partial charge in [-0.1, -0.05) is 19.3 Å². The van der Waals surface area contributed by atoms with Crippen LogP contribution in [0.2, 0.25) is 0 Å². The Hall–Kier alpha value is -1.11. The second-order valence-electron chi connectivity index (χ2n) is 6.41. The van der Waals surface area contributed by atoms with Crippen LogP contribution in [0.1, 0.15) is 60.7 Å². The summed E-state index contributed by atoms with van der Waals surface area (Å²) in [5, 5.41) is 0.604. The number of rotatable bonds is 3. The molecular formula is C15H19F3N2OS. The topological polar surface area (TPSA) is 56.0 Å². The molecule has 1 amide bonds.